The molecule has 0 spiro atoms. The Balaban J connectivity index is 0.000000531. The van der Waals surface area contributed by atoms with E-state index in [-0.39, 0.29) is 5.91 Å². The van der Waals surface area contributed by atoms with Crippen LogP contribution < -0.4 is 14.5 Å². The number of aryl methyl sites for hydroxylation is 2. The zero-order valence-electron chi connectivity index (χ0n) is 22.0. The number of piperazine rings is 1. The number of anilines is 3. The van der Waals surface area contributed by atoms with Crippen LogP contribution in [-0.2, 0) is 27.2 Å². The minimum atomic E-state index is -1.82. The first-order valence-electron chi connectivity index (χ1n) is 12.9. The first kappa shape index (κ1) is 27.7. The number of para-hydroxylation sites is 4. The van der Waals surface area contributed by atoms with Gasteiger partial charge in [-0.2, -0.15) is 0 Å². The summed E-state index contributed by atoms with van der Waals surface area (Å²) < 4.78 is 5.53. The van der Waals surface area contributed by atoms with Crippen molar-refractivity contribution in [3.05, 3.63) is 83.9 Å². The second-order valence-corrected chi connectivity index (χ2v) is 9.35. The molecule has 0 aliphatic carbocycles. The van der Waals surface area contributed by atoms with Gasteiger partial charge in [-0.25, -0.2) is 9.59 Å². The third-order valence-electron chi connectivity index (χ3n) is 7.00. The smallest absolute Gasteiger partial charge is 0.414 e. The SMILES string of the molecule is COc1ccccc1N1CCN(CCC(=O)N2c3ccccc3CCc3ccccc32)CC1.O=C(O)C(=O)O. The number of hydrogen-bond acceptors (Lipinski definition) is 6. The van der Waals surface area contributed by atoms with Gasteiger partial charge in [0.2, 0.25) is 5.91 Å². The lowest BCUT2D eigenvalue weighted by atomic mass is 10.0. The molecule has 1 amide bonds. The summed E-state index contributed by atoms with van der Waals surface area (Å²) in [5.74, 6) is -2.56. The number of carbonyl (C=O) groups excluding carboxylic acids is 1. The highest BCUT2D eigenvalue weighted by Gasteiger charge is 2.26. The summed E-state index contributed by atoms with van der Waals surface area (Å²) in [6, 6.07) is 24.9. The number of carbonyl (C=O) groups is 3. The van der Waals surface area contributed by atoms with E-state index >= 15 is 0 Å². The van der Waals surface area contributed by atoms with Gasteiger partial charge in [-0.05, 0) is 48.2 Å². The number of hydrogen-bond donors (Lipinski definition) is 2. The highest BCUT2D eigenvalue weighted by molar-refractivity contribution is 6.27. The van der Waals surface area contributed by atoms with E-state index in [0.717, 1.165) is 68.4 Å². The zero-order valence-corrected chi connectivity index (χ0v) is 22.0. The normalized spacial score (nSPS) is 14.7. The van der Waals surface area contributed by atoms with Crippen molar-refractivity contribution in [2.45, 2.75) is 19.3 Å². The first-order chi connectivity index (χ1) is 18.9. The zero-order chi connectivity index (χ0) is 27.8. The molecule has 39 heavy (non-hydrogen) atoms. The van der Waals surface area contributed by atoms with E-state index < -0.39 is 11.9 Å². The van der Waals surface area contributed by atoms with Crippen molar-refractivity contribution in [3.63, 3.8) is 0 Å². The fourth-order valence-corrected chi connectivity index (χ4v) is 5.02. The lowest BCUT2D eigenvalue weighted by Gasteiger charge is -2.36. The molecule has 1 fully saturated rings. The summed E-state index contributed by atoms with van der Waals surface area (Å²) in [6.45, 7) is 4.53. The summed E-state index contributed by atoms with van der Waals surface area (Å²) in [7, 11) is 1.72. The topological polar surface area (TPSA) is 111 Å². The van der Waals surface area contributed by atoms with Crippen LogP contribution in [0.2, 0.25) is 0 Å². The molecule has 2 aliphatic heterocycles. The van der Waals surface area contributed by atoms with Crippen molar-refractivity contribution in [1.29, 1.82) is 0 Å². The molecule has 0 atom stereocenters. The van der Waals surface area contributed by atoms with Crippen LogP contribution in [-0.4, -0.2) is 72.8 Å². The van der Waals surface area contributed by atoms with Crippen LogP contribution in [0.15, 0.2) is 72.8 Å². The quantitative estimate of drug-likeness (QED) is 0.478. The van der Waals surface area contributed by atoms with Crippen molar-refractivity contribution >= 4 is 34.9 Å². The number of ether oxygens (including phenoxy) is 1. The molecule has 3 aromatic carbocycles. The van der Waals surface area contributed by atoms with Crippen LogP contribution in [0.4, 0.5) is 17.1 Å². The van der Waals surface area contributed by atoms with E-state index in [4.69, 9.17) is 24.5 Å². The van der Waals surface area contributed by atoms with Gasteiger partial charge in [0.15, 0.2) is 0 Å². The fourth-order valence-electron chi connectivity index (χ4n) is 5.02. The van der Waals surface area contributed by atoms with Crippen LogP contribution in [0.3, 0.4) is 0 Å². The van der Waals surface area contributed by atoms with Crippen LogP contribution in [0, 0.1) is 0 Å². The summed E-state index contributed by atoms with van der Waals surface area (Å²) in [4.78, 5) is 38.5. The van der Waals surface area contributed by atoms with Crippen LogP contribution in [0.1, 0.15) is 17.5 Å². The summed E-state index contributed by atoms with van der Waals surface area (Å²) >= 11 is 0. The Kier molecular flexibility index (Phi) is 9.17. The second kappa shape index (κ2) is 12.9. The molecule has 3 aromatic rings. The third-order valence-corrected chi connectivity index (χ3v) is 7.00. The molecule has 9 heteroatoms. The van der Waals surface area contributed by atoms with Gasteiger partial charge in [0.1, 0.15) is 5.75 Å². The first-order valence-corrected chi connectivity index (χ1v) is 12.9. The van der Waals surface area contributed by atoms with E-state index in [2.05, 4.69) is 58.3 Å². The van der Waals surface area contributed by atoms with Gasteiger partial charge < -0.3 is 19.8 Å². The van der Waals surface area contributed by atoms with Crippen LogP contribution in [0.5, 0.6) is 5.75 Å². The van der Waals surface area contributed by atoms with Gasteiger partial charge in [-0.1, -0.05) is 48.5 Å². The summed E-state index contributed by atoms with van der Waals surface area (Å²) in [5.41, 5.74) is 5.70. The maximum absolute atomic E-state index is 13.6. The number of carboxylic acids is 2. The predicted molar refractivity (Wildman–Crippen MR) is 149 cm³/mol. The van der Waals surface area contributed by atoms with Gasteiger partial charge in [-0.3, -0.25) is 14.6 Å². The largest absolute Gasteiger partial charge is 0.495 e. The Labute approximate surface area is 227 Å². The molecule has 2 N–H and O–H groups in total. The monoisotopic (exact) mass is 531 g/mol. The van der Waals surface area contributed by atoms with E-state index in [1.54, 1.807) is 7.11 Å². The van der Waals surface area contributed by atoms with Crippen molar-refractivity contribution in [1.82, 2.24) is 4.90 Å². The van der Waals surface area contributed by atoms with Crippen molar-refractivity contribution < 1.29 is 29.3 Å². The minimum Gasteiger partial charge on any atom is -0.495 e. The highest BCUT2D eigenvalue weighted by Crippen LogP contribution is 2.36. The number of fused-ring (bicyclic) bond motifs is 2. The maximum Gasteiger partial charge on any atom is 0.414 e. The van der Waals surface area contributed by atoms with Gasteiger partial charge in [0, 0.05) is 39.1 Å². The number of aliphatic carboxylic acids is 2. The van der Waals surface area contributed by atoms with Crippen molar-refractivity contribution in [2.24, 2.45) is 0 Å². The Hall–Kier alpha value is -4.37. The molecule has 5 rings (SSSR count). The molecule has 0 radical (unpaired) electrons. The maximum atomic E-state index is 13.6. The Morgan fingerprint density at radius 1 is 0.718 bits per heavy atom. The average Bonchev–Trinajstić information content (AvgIpc) is 3.13. The number of carboxylic acid groups (broad SMARTS) is 2. The minimum absolute atomic E-state index is 0.170. The molecular weight excluding hydrogens is 498 g/mol. The van der Waals surface area contributed by atoms with E-state index in [9.17, 15) is 4.79 Å². The number of benzene rings is 3. The molecule has 1 saturated heterocycles. The van der Waals surface area contributed by atoms with Crippen LogP contribution >= 0.6 is 0 Å². The molecule has 204 valence electrons. The van der Waals surface area contributed by atoms with Crippen molar-refractivity contribution in [3.8, 4) is 5.75 Å². The number of nitrogens with zero attached hydrogens (tertiary/aromatic N) is 3. The summed E-state index contributed by atoms with van der Waals surface area (Å²) in [5, 5.41) is 14.8. The van der Waals surface area contributed by atoms with Crippen molar-refractivity contribution in [2.75, 3.05) is 49.6 Å². The molecule has 2 heterocycles. The molecule has 9 nitrogen and oxygen atoms in total. The summed E-state index contributed by atoms with van der Waals surface area (Å²) in [6.07, 6.45) is 2.43. The molecular formula is C30H33N3O6. The standard InChI is InChI=1S/C28H31N3O2.C2H2O4/c1-33-27-13-7-6-12-26(27)30-20-18-29(19-21-30)17-16-28(32)31-24-10-4-2-8-22(24)14-15-23-9-3-5-11-25(23)31;3-1(4)2(5)6/h2-13H,14-21H2,1H3;(H,3,4)(H,5,6). The lowest BCUT2D eigenvalue weighted by Crippen LogP contribution is -2.47. The molecule has 0 bridgehead atoms. The van der Waals surface area contributed by atoms with Gasteiger partial charge in [0.25, 0.3) is 0 Å². The highest BCUT2D eigenvalue weighted by atomic mass is 16.5. The predicted octanol–water partition coefficient (Wildman–Crippen LogP) is 3.83. The number of amides is 1. The van der Waals surface area contributed by atoms with Gasteiger partial charge >= 0.3 is 11.9 Å². The molecule has 0 unspecified atom stereocenters. The van der Waals surface area contributed by atoms with E-state index in [0.29, 0.717) is 6.42 Å². The lowest BCUT2D eigenvalue weighted by molar-refractivity contribution is -0.159. The Morgan fingerprint density at radius 2 is 1.21 bits per heavy atom. The third kappa shape index (κ3) is 6.74. The number of methoxy groups -OCH3 is 1. The molecule has 0 aromatic heterocycles. The van der Waals surface area contributed by atoms with E-state index in [1.165, 1.54) is 11.1 Å². The molecule has 0 saturated carbocycles. The fraction of sp³-hybridized carbons (Fsp3) is 0.300. The number of rotatable bonds is 5. The van der Waals surface area contributed by atoms with Crippen LogP contribution in [0.25, 0.3) is 0 Å². The Morgan fingerprint density at radius 3 is 1.72 bits per heavy atom. The Bertz CT molecular complexity index is 1260. The average molecular weight is 532 g/mol. The van der Waals surface area contributed by atoms with Gasteiger partial charge in [-0.15, -0.1) is 0 Å². The second-order valence-electron chi connectivity index (χ2n) is 9.35. The van der Waals surface area contributed by atoms with Gasteiger partial charge in [0.05, 0.1) is 24.2 Å². The molecule has 2 aliphatic rings. The van der Waals surface area contributed by atoms with E-state index in [1.807, 2.05) is 29.2 Å².